The molecule has 39 heavy (non-hydrogen) atoms. The van der Waals surface area contributed by atoms with Crippen LogP contribution in [0.3, 0.4) is 0 Å². The normalized spacial score (nSPS) is 12.4. The van der Waals surface area contributed by atoms with E-state index in [1.54, 1.807) is 11.8 Å². The van der Waals surface area contributed by atoms with Gasteiger partial charge >= 0.3 is 35.5 Å². The fourth-order valence-electron chi connectivity index (χ4n) is 4.37. The van der Waals surface area contributed by atoms with E-state index in [4.69, 9.17) is 14.5 Å². The second-order valence-corrected chi connectivity index (χ2v) is 10.2. The number of anilines is 1. The van der Waals surface area contributed by atoms with E-state index in [0.717, 1.165) is 37.8 Å². The Kier molecular flexibility index (Phi) is 25.1. The van der Waals surface area contributed by atoms with Crippen LogP contribution in [-0.2, 0) is 24.1 Å². The zero-order valence-electron chi connectivity index (χ0n) is 25.2. The van der Waals surface area contributed by atoms with Crippen molar-refractivity contribution in [3.63, 3.8) is 0 Å². The van der Waals surface area contributed by atoms with Crippen LogP contribution in [0.5, 0.6) is 0 Å². The summed E-state index contributed by atoms with van der Waals surface area (Å²) in [6.07, 6.45) is 14.9. The fraction of sp³-hybridized carbons (Fsp3) is 0.742. The first-order valence-electron chi connectivity index (χ1n) is 14.9. The number of hydrogen-bond donors (Lipinski definition) is 0. The largest absolute Gasteiger partial charge is 1.00 e. The third-order valence-electron chi connectivity index (χ3n) is 6.86. The standard InChI is InChI=1S/C31H53NO6.Na/c1-4-6-8-10-12-17-24-36-31(35)28(26-38-37-25-18-13-11-9-7-5-2)20-19-23-32(27(3)30(33)34)29-21-15-14-16-22-29;/h14-16,21-22,27-28H,4-13,17-20,23-26H2,1-3H3,(H,33,34);/q;+1/p-1. The minimum Gasteiger partial charge on any atom is -0.548 e. The van der Waals surface area contributed by atoms with Gasteiger partial charge in [-0.15, -0.1) is 0 Å². The van der Waals surface area contributed by atoms with E-state index < -0.39 is 17.9 Å². The number of nitrogens with zero attached hydrogens (tertiary/aromatic N) is 1. The van der Waals surface area contributed by atoms with Crippen LogP contribution < -0.4 is 39.6 Å². The van der Waals surface area contributed by atoms with Crippen molar-refractivity contribution < 1.29 is 58.8 Å². The number of unbranched alkanes of at least 4 members (excludes halogenated alkanes) is 10. The molecule has 0 radical (unpaired) electrons. The molecule has 8 heteroatoms. The van der Waals surface area contributed by atoms with Crippen LogP contribution in [-0.4, -0.2) is 44.3 Å². The van der Waals surface area contributed by atoms with E-state index in [1.807, 2.05) is 30.3 Å². The van der Waals surface area contributed by atoms with Crippen molar-refractivity contribution in [3.8, 4) is 0 Å². The number of carbonyl (C=O) groups excluding carboxylic acids is 2. The monoisotopic (exact) mass is 557 g/mol. The average molecular weight is 558 g/mol. The molecule has 1 aromatic rings. The summed E-state index contributed by atoms with van der Waals surface area (Å²) in [6.45, 7) is 7.54. The summed E-state index contributed by atoms with van der Waals surface area (Å²) in [5, 5.41) is 11.6. The van der Waals surface area contributed by atoms with Gasteiger partial charge in [-0.1, -0.05) is 96.3 Å². The second kappa shape index (κ2) is 25.8. The Morgan fingerprint density at radius 2 is 1.36 bits per heavy atom. The molecule has 0 aliphatic rings. The first-order chi connectivity index (χ1) is 18.5. The van der Waals surface area contributed by atoms with Crippen LogP contribution >= 0.6 is 0 Å². The Hall–Kier alpha value is -1.12. The molecule has 2 atom stereocenters. The summed E-state index contributed by atoms with van der Waals surface area (Å²) >= 11 is 0. The van der Waals surface area contributed by atoms with Crippen LogP contribution in [0.2, 0.25) is 0 Å². The third-order valence-corrected chi connectivity index (χ3v) is 6.86. The molecule has 0 fully saturated rings. The molecule has 0 N–H and O–H groups in total. The van der Waals surface area contributed by atoms with E-state index in [1.165, 1.54) is 44.9 Å². The van der Waals surface area contributed by atoms with E-state index in [2.05, 4.69) is 13.8 Å². The third kappa shape index (κ3) is 18.8. The maximum absolute atomic E-state index is 12.9. The summed E-state index contributed by atoms with van der Waals surface area (Å²) in [6, 6.07) is 8.62. The van der Waals surface area contributed by atoms with Crippen molar-refractivity contribution in [1.29, 1.82) is 0 Å². The van der Waals surface area contributed by atoms with Gasteiger partial charge in [-0.25, -0.2) is 9.78 Å². The maximum Gasteiger partial charge on any atom is 1.00 e. The van der Waals surface area contributed by atoms with Gasteiger partial charge in [0.25, 0.3) is 0 Å². The molecule has 0 aromatic heterocycles. The van der Waals surface area contributed by atoms with Gasteiger partial charge in [-0.2, -0.15) is 0 Å². The van der Waals surface area contributed by atoms with Gasteiger partial charge in [0.05, 0.1) is 37.7 Å². The molecule has 0 aliphatic heterocycles. The van der Waals surface area contributed by atoms with E-state index in [0.29, 0.717) is 32.6 Å². The van der Waals surface area contributed by atoms with Gasteiger partial charge in [-0.3, -0.25) is 4.79 Å². The van der Waals surface area contributed by atoms with E-state index in [-0.39, 0.29) is 42.1 Å². The summed E-state index contributed by atoms with van der Waals surface area (Å²) in [5.41, 5.74) is 0.810. The number of ether oxygens (including phenoxy) is 1. The molecule has 2 unspecified atom stereocenters. The molecule has 0 amide bonds. The first-order valence-corrected chi connectivity index (χ1v) is 14.9. The number of carboxylic acids is 1. The molecule has 0 saturated heterocycles. The molecule has 7 nitrogen and oxygen atoms in total. The molecule has 1 aromatic carbocycles. The Bertz CT molecular complexity index is 720. The summed E-state index contributed by atoms with van der Waals surface area (Å²) < 4.78 is 5.58. The molecule has 0 bridgehead atoms. The molecule has 0 aliphatic carbocycles. The number of carboxylic acid groups (broad SMARTS) is 1. The Balaban J connectivity index is 0.0000144. The zero-order chi connectivity index (χ0) is 27.8. The Morgan fingerprint density at radius 1 is 0.795 bits per heavy atom. The number of hydrogen-bond acceptors (Lipinski definition) is 7. The SMILES string of the molecule is CCCCCCCCOOCC(CCCN(c1ccccc1)C(C)C(=O)[O-])C(=O)OCCCCCCCC.[Na+]. The van der Waals surface area contributed by atoms with Crippen LogP contribution in [0.25, 0.3) is 0 Å². The number of carbonyl (C=O) groups is 2. The van der Waals surface area contributed by atoms with Gasteiger partial charge in [0.1, 0.15) is 0 Å². The smallest absolute Gasteiger partial charge is 0.548 e. The van der Waals surface area contributed by atoms with Crippen LogP contribution in [0.4, 0.5) is 5.69 Å². The molecule has 0 heterocycles. The summed E-state index contributed by atoms with van der Waals surface area (Å²) in [4.78, 5) is 37.0. The van der Waals surface area contributed by atoms with Crippen molar-refractivity contribution in [3.05, 3.63) is 30.3 Å². The topological polar surface area (TPSA) is 88.1 Å². The van der Waals surface area contributed by atoms with E-state index >= 15 is 0 Å². The van der Waals surface area contributed by atoms with Crippen molar-refractivity contribution in [1.82, 2.24) is 0 Å². The van der Waals surface area contributed by atoms with Gasteiger partial charge in [0.2, 0.25) is 0 Å². The van der Waals surface area contributed by atoms with Crippen molar-refractivity contribution in [2.24, 2.45) is 5.92 Å². The Labute approximate surface area is 259 Å². The minimum atomic E-state index is -1.13. The fourth-order valence-corrected chi connectivity index (χ4v) is 4.37. The number of para-hydroxylation sites is 1. The quantitative estimate of drug-likeness (QED) is 0.0600. The van der Waals surface area contributed by atoms with Crippen molar-refractivity contribution >= 4 is 17.6 Å². The predicted molar refractivity (Wildman–Crippen MR) is 151 cm³/mol. The molecule has 0 spiro atoms. The van der Waals surface area contributed by atoms with Gasteiger partial charge < -0.3 is 19.5 Å². The number of esters is 1. The average Bonchev–Trinajstić information content (AvgIpc) is 2.92. The van der Waals surface area contributed by atoms with Crippen LogP contribution in [0.15, 0.2) is 30.3 Å². The summed E-state index contributed by atoms with van der Waals surface area (Å²) in [5.74, 6) is -1.87. The Morgan fingerprint density at radius 3 is 1.95 bits per heavy atom. The molecular weight excluding hydrogens is 505 g/mol. The number of benzene rings is 1. The first kappa shape index (κ1) is 37.9. The molecular formula is C31H52NNaO6. The maximum atomic E-state index is 12.9. The van der Waals surface area contributed by atoms with Crippen molar-refractivity contribution in [2.45, 2.75) is 117 Å². The predicted octanol–water partition coefficient (Wildman–Crippen LogP) is 3.24. The van der Waals surface area contributed by atoms with E-state index in [9.17, 15) is 14.7 Å². The van der Waals surface area contributed by atoms with Gasteiger partial charge in [0.15, 0.2) is 0 Å². The van der Waals surface area contributed by atoms with Crippen LogP contribution in [0.1, 0.15) is 111 Å². The van der Waals surface area contributed by atoms with Crippen molar-refractivity contribution in [2.75, 3.05) is 31.3 Å². The van der Waals surface area contributed by atoms with Gasteiger partial charge in [-0.05, 0) is 44.7 Å². The molecule has 218 valence electrons. The summed E-state index contributed by atoms with van der Waals surface area (Å²) in [7, 11) is 0. The zero-order valence-corrected chi connectivity index (χ0v) is 27.2. The second-order valence-electron chi connectivity index (χ2n) is 10.2. The van der Waals surface area contributed by atoms with Gasteiger partial charge in [0, 0.05) is 12.2 Å². The molecule has 1 rings (SSSR count). The number of rotatable bonds is 25. The number of aliphatic carboxylic acids is 1. The molecule has 0 saturated carbocycles. The minimum absolute atomic E-state index is 0. The van der Waals surface area contributed by atoms with Crippen LogP contribution in [0, 0.1) is 5.92 Å².